The Morgan fingerprint density at radius 2 is 2.11 bits per heavy atom. The molecule has 1 aliphatic rings. The second kappa shape index (κ2) is 7.11. The van der Waals surface area contributed by atoms with Crippen LogP contribution in [-0.4, -0.2) is 36.1 Å². The normalized spacial score (nSPS) is 27.9. The fraction of sp³-hybridized carbons (Fsp3) is 0.933. The molecule has 0 radical (unpaired) electrons. The van der Waals surface area contributed by atoms with Crippen LogP contribution in [0.4, 0.5) is 0 Å². The molecule has 0 aromatic heterocycles. The molecule has 1 saturated heterocycles. The van der Waals surface area contributed by atoms with Crippen molar-refractivity contribution in [3.63, 3.8) is 0 Å². The van der Waals surface area contributed by atoms with Gasteiger partial charge in [-0.2, -0.15) is 5.26 Å². The van der Waals surface area contributed by atoms with Crippen molar-refractivity contribution < 1.29 is 0 Å². The van der Waals surface area contributed by atoms with Gasteiger partial charge in [-0.3, -0.25) is 5.32 Å². The van der Waals surface area contributed by atoms with E-state index in [1.165, 1.54) is 25.9 Å². The lowest BCUT2D eigenvalue weighted by Gasteiger charge is -2.24. The Bertz CT molecular complexity index is 284. The average molecular weight is 251 g/mol. The van der Waals surface area contributed by atoms with E-state index in [0.29, 0.717) is 0 Å². The summed E-state index contributed by atoms with van der Waals surface area (Å²) in [6.07, 6.45) is 4.64. The summed E-state index contributed by atoms with van der Waals surface area (Å²) in [6.45, 7) is 12.1. The largest absolute Gasteiger partial charge is 0.300 e. The van der Waals surface area contributed by atoms with Gasteiger partial charge in [0.2, 0.25) is 0 Å². The Morgan fingerprint density at radius 1 is 1.39 bits per heavy atom. The molecular weight excluding hydrogens is 222 g/mol. The van der Waals surface area contributed by atoms with Crippen LogP contribution in [0.5, 0.6) is 0 Å². The standard InChI is InChI=1S/C15H29N3/c1-5-17-15(4,12-16)8-6-7-9-18-11-13(2)10-14(18)3/h13-14,17H,5-11H2,1-4H3. The van der Waals surface area contributed by atoms with Gasteiger partial charge in [0.15, 0.2) is 0 Å². The Hall–Kier alpha value is -0.590. The first-order chi connectivity index (χ1) is 8.50. The summed E-state index contributed by atoms with van der Waals surface area (Å²) in [5, 5.41) is 12.5. The molecule has 1 N–H and O–H groups in total. The first-order valence-electron chi connectivity index (χ1n) is 7.41. The Balaban J connectivity index is 2.20. The van der Waals surface area contributed by atoms with Crippen LogP contribution >= 0.6 is 0 Å². The van der Waals surface area contributed by atoms with E-state index in [-0.39, 0.29) is 5.54 Å². The second-order valence-electron chi connectivity index (χ2n) is 6.12. The van der Waals surface area contributed by atoms with E-state index >= 15 is 0 Å². The van der Waals surface area contributed by atoms with E-state index < -0.39 is 0 Å². The molecule has 0 spiro atoms. The monoisotopic (exact) mass is 251 g/mol. The van der Waals surface area contributed by atoms with Crippen LogP contribution in [0.25, 0.3) is 0 Å². The van der Waals surface area contributed by atoms with E-state index in [4.69, 9.17) is 0 Å². The fourth-order valence-electron chi connectivity index (χ4n) is 3.07. The predicted molar refractivity (Wildman–Crippen MR) is 76.4 cm³/mol. The Labute approximate surface area is 113 Å². The van der Waals surface area contributed by atoms with Crippen LogP contribution in [0, 0.1) is 17.2 Å². The van der Waals surface area contributed by atoms with E-state index in [9.17, 15) is 5.26 Å². The van der Waals surface area contributed by atoms with Gasteiger partial charge in [0.25, 0.3) is 0 Å². The molecule has 1 aliphatic heterocycles. The van der Waals surface area contributed by atoms with Crippen molar-refractivity contribution in [2.75, 3.05) is 19.6 Å². The third-order valence-electron chi connectivity index (χ3n) is 4.10. The van der Waals surface area contributed by atoms with E-state index in [1.54, 1.807) is 0 Å². The van der Waals surface area contributed by atoms with E-state index in [2.05, 4.69) is 37.1 Å². The van der Waals surface area contributed by atoms with Gasteiger partial charge in [-0.1, -0.05) is 13.8 Å². The van der Waals surface area contributed by atoms with Crippen molar-refractivity contribution >= 4 is 0 Å². The molecule has 1 rings (SSSR count). The molecule has 1 fully saturated rings. The zero-order chi connectivity index (χ0) is 13.6. The maximum Gasteiger partial charge on any atom is 0.103 e. The highest BCUT2D eigenvalue weighted by molar-refractivity contribution is 5.03. The van der Waals surface area contributed by atoms with Crippen LogP contribution in [0.3, 0.4) is 0 Å². The lowest BCUT2D eigenvalue weighted by atomic mass is 9.96. The summed E-state index contributed by atoms with van der Waals surface area (Å²) >= 11 is 0. The molecule has 0 aromatic carbocycles. The van der Waals surface area contributed by atoms with Crippen molar-refractivity contribution in [3.8, 4) is 6.07 Å². The molecule has 18 heavy (non-hydrogen) atoms. The molecular formula is C15H29N3. The van der Waals surface area contributed by atoms with Crippen LogP contribution in [0.1, 0.15) is 53.4 Å². The number of hydrogen-bond donors (Lipinski definition) is 1. The minimum atomic E-state index is -0.335. The molecule has 3 atom stereocenters. The number of nitrogens with zero attached hydrogens (tertiary/aromatic N) is 2. The summed E-state index contributed by atoms with van der Waals surface area (Å²) < 4.78 is 0. The molecule has 0 amide bonds. The van der Waals surface area contributed by atoms with Crippen molar-refractivity contribution in [2.24, 2.45) is 5.92 Å². The van der Waals surface area contributed by atoms with Gasteiger partial charge in [0.05, 0.1) is 6.07 Å². The number of nitriles is 1. The van der Waals surface area contributed by atoms with Gasteiger partial charge in [-0.25, -0.2) is 0 Å². The molecule has 104 valence electrons. The molecule has 0 bridgehead atoms. The molecule has 3 nitrogen and oxygen atoms in total. The topological polar surface area (TPSA) is 39.1 Å². The highest BCUT2D eigenvalue weighted by Gasteiger charge is 2.26. The predicted octanol–water partition coefficient (Wildman–Crippen LogP) is 2.78. The number of hydrogen-bond acceptors (Lipinski definition) is 3. The second-order valence-corrected chi connectivity index (χ2v) is 6.12. The molecule has 3 unspecified atom stereocenters. The van der Waals surface area contributed by atoms with E-state index in [1.807, 2.05) is 6.92 Å². The van der Waals surface area contributed by atoms with E-state index in [0.717, 1.165) is 31.3 Å². The van der Waals surface area contributed by atoms with Gasteiger partial charge in [-0.05, 0) is 58.5 Å². The summed E-state index contributed by atoms with van der Waals surface area (Å²) in [5.41, 5.74) is -0.335. The van der Waals surface area contributed by atoms with Crippen molar-refractivity contribution in [2.45, 2.75) is 65.0 Å². The van der Waals surface area contributed by atoms with Gasteiger partial charge in [0, 0.05) is 12.6 Å². The minimum absolute atomic E-state index is 0.335. The highest BCUT2D eigenvalue weighted by atomic mass is 15.2. The Morgan fingerprint density at radius 3 is 2.61 bits per heavy atom. The third kappa shape index (κ3) is 4.59. The number of unbranched alkanes of at least 4 members (excludes halogenated alkanes) is 1. The maximum absolute atomic E-state index is 9.18. The van der Waals surface area contributed by atoms with Crippen LogP contribution < -0.4 is 5.32 Å². The first kappa shape index (κ1) is 15.5. The average Bonchev–Trinajstić information content (AvgIpc) is 2.64. The first-order valence-corrected chi connectivity index (χ1v) is 7.41. The van der Waals surface area contributed by atoms with Crippen LogP contribution in [0.2, 0.25) is 0 Å². The lowest BCUT2D eigenvalue weighted by Crippen LogP contribution is -2.40. The molecule has 0 aromatic rings. The van der Waals surface area contributed by atoms with Gasteiger partial charge < -0.3 is 4.90 Å². The number of nitrogens with one attached hydrogen (secondary N) is 1. The number of rotatable bonds is 7. The molecule has 3 heteroatoms. The minimum Gasteiger partial charge on any atom is -0.300 e. The molecule has 1 heterocycles. The quantitative estimate of drug-likeness (QED) is 0.707. The number of likely N-dealkylation sites (tertiary alicyclic amines) is 1. The SMILES string of the molecule is CCNC(C)(C#N)CCCCN1CC(C)CC1C. The lowest BCUT2D eigenvalue weighted by molar-refractivity contribution is 0.255. The van der Waals surface area contributed by atoms with Gasteiger partial charge >= 0.3 is 0 Å². The van der Waals surface area contributed by atoms with Crippen LogP contribution in [-0.2, 0) is 0 Å². The smallest absolute Gasteiger partial charge is 0.103 e. The maximum atomic E-state index is 9.18. The summed E-state index contributed by atoms with van der Waals surface area (Å²) in [7, 11) is 0. The Kier molecular flexibility index (Phi) is 6.11. The van der Waals surface area contributed by atoms with Crippen LogP contribution in [0.15, 0.2) is 0 Å². The highest BCUT2D eigenvalue weighted by Crippen LogP contribution is 2.23. The van der Waals surface area contributed by atoms with Gasteiger partial charge in [0.1, 0.15) is 5.54 Å². The summed E-state index contributed by atoms with van der Waals surface area (Å²) in [5.74, 6) is 0.853. The van der Waals surface area contributed by atoms with Crippen molar-refractivity contribution in [1.29, 1.82) is 5.26 Å². The molecule has 0 aliphatic carbocycles. The summed E-state index contributed by atoms with van der Waals surface area (Å²) in [4.78, 5) is 2.60. The van der Waals surface area contributed by atoms with Gasteiger partial charge in [-0.15, -0.1) is 0 Å². The zero-order valence-corrected chi connectivity index (χ0v) is 12.5. The zero-order valence-electron chi connectivity index (χ0n) is 12.5. The third-order valence-corrected chi connectivity index (χ3v) is 4.10. The van der Waals surface area contributed by atoms with Crippen molar-refractivity contribution in [3.05, 3.63) is 0 Å². The molecule has 0 saturated carbocycles. The van der Waals surface area contributed by atoms with Crippen molar-refractivity contribution in [1.82, 2.24) is 10.2 Å². The fourth-order valence-corrected chi connectivity index (χ4v) is 3.07. The summed E-state index contributed by atoms with van der Waals surface area (Å²) in [6, 6.07) is 3.15.